The summed E-state index contributed by atoms with van der Waals surface area (Å²) in [5.74, 6) is -0.650. The molecule has 0 saturated heterocycles. The van der Waals surface area contributed by atoms with Crippen LogP contribution in [0.5, 0.6) is 5.75 Å². The van der Waals surface area contributed by atoms with E-state index >= 15 is 4.39 Å². The lowest BCUT2D eigenvalue weighted by molar-refractivity contribution is -0.274. The van der Waals surface area contributed by atoms with Gasteiger partial charge >= 0.3 is 6.36 Å². The zero-order valence-corrected chi connectivity index (χ0v) is 17.1. The smallest absolute Gasteiger partial charge is 0.406 e. The summed E-state index contributed by atoms with van der Waals surface area (Å²) in [6.45, 7) is 2.15. The van der Waals surface area contributed by atoms with Crippen LogP contribution < -0.4 is 4.74 Å². The first-order valence-electron chi connectivity index (χ1n) is 10.3. The molecule has 31 heavy (non-hydrogen) atoms. The quantitative estimate of drug-likeness (QED) is 0.383. The van der Waals surface area contributed by atoms with Crippen molar-refractivity contribution >= 4 is 5.57 Å². The number of aryl methyl sites for hydroxylation is 1. The zero-order chi connectivity index (χ0) is 22.0. The predicted molar refractivity (Wildman–Crippen MR) is 114 cm³/mol. The van der Waals surface area contributed by atoms with Gasteiger partial charge in [0, 0.05) is 5.56 Å². The van der Waals surface area contributed by atoms with Gasteiger partial charge in [-0.2, -0.15) is 0 Å². The van der Waals surface area contributed by atoms with Crippen molar-refractivity contribution in [1.29, 1.82) is 0 Å². The van der Waals surface area contributed by atoms with E-state index in [-0.39, 0.29) is 11.6 Å². The van der Waals surface area contributed by atoms with Crippen molar-refractivity contribution < 1.29 is 22.3 Å². The van der Waals surface area contributed by atoms with E-state index in [4.69, 9.17) is 0 Å². The minimum absolute atomic E-state index is 0.324. The lowest BCUT2D eigenvalue weighted by Gasteiger charge is -2.20. The summed E-state index contributed by atoms with van der Waals surface area (Å²) in [6, 6.07) is 17.4. The molecule has 0 bridgehead atoms. The van der Waals surface area contributed by atoms with Gasteiger partial charge in [-0.15, -0.1) is 13.2 Å². The first-order chi connectivity index (χ1) is 14.8. The second kappa shape index (κ2) is 8.58. The summed E-state index contributed by atoms with van der Waals surface area (Å²) >= 11 is 0. The van der Waals surface area contributed by atoms with E-state index in [9.17, 15) is 13.2 Å². The van der Waals surface area contributed by atoms with E-state index in [0.29, 0.717) is 29.5 Å². The molecule has 0 fully saturated rings. The van der Waals surface area contributed by atoms with E-state index in [0.717, 1.165) is 24.0 Å². The van der Waals surface area contributed by atoms with Crippen LogP contribution in [0.4, 0.5) is 17.6 Å². The lowest BCUT2D eigenvalue weighted by Crippen LogP contribution is -2.16. The third kappa shape index (κ3) is 4.82. The molecule has 0 saturated carbocycles. The molecule has 0 unspecified atom stereocenters. The third-order valence-corrected chi connectivity index (χ3v) is 5.54. The number of rotatable bonds is 5. The second-order valence-corrected chi connectivity index (χ2v) is 7.69. The maximum Gasteiger partial charge on any atom is 0.573 e. The normalized spacial score (nSPS) is 13.5. The molecule has 0 amide bonds. The molecular formula is C26H22F4O. The van der Waals surface area contributed by atoms with Crippen LogP contribution in [0.25, 0.3) is 16.7 Å². The minimum atomic E-state index is -4.75. The van der Waals surface area contributed by atoms with Crippen molar-refractivity contribution in [3.63, 3.8) is 0 Å². The summed E-state index contributed by atoms with van der Waals surface area (Å²) in [5, 5.41) is 0. The number of halogens is 4. The maximum atomic E-state index is 15.2. The molecule has 0 aliphatic heterocycles. The van der Waals surface area contributed by atoms with Crippen molar-refractivity contribution in [2.24, 2.45) is 0 Å². The van der Waals surface area contributed by atoms with Crippen LogP contribution in [-0.2, 0) is 19.3 Å². The van der Waals surface area contributed by atoms with Gasteiger partial charge in [0.1, 0.15) is 11.6 Å². The van der Waals surface area contributed by atoms with Crippen LogP contribution in [0.15, 0.2) is 66.7 Å². The number of ether oxygens (including phenoxy) is 1. The fraction of sp³-hybridized carbons (Fsp3) is 0.231. The van der Waals surface area contributed by atoms with Gasteiger partial charge in [-0.25, -0.2) is 4.39 Å². The largest absolute Gasteiger partial charge is 0.573 e. The van der Waals surface area contributed by atoms with Crippen LogP contribution >= 0.6 is 0 Å². The highest BCUT2D eigenvalue weighted by Gasteiger charge is 2.31. The monoisotopic (exact) mass is 426 g/mol. The number of alkyl halides is 3. The molecule has 0 aromatic heterocycles. The summed E-state index contributed by atoms with van der Waals surface area (Å²) in [7, 11) is 0. The number of hydrogen-bond acceptors (Lipinski definition) is 1. The van der Waals surface area contributed by atoms with Crippen molar-refractivity contribution in [3.8, 4) is 16.9 Å². The van der Waals surface area contributed by atoms with Crippen LogP contribution in [0.1, 0.15) is 35.6 Å². The summed E-state index contributed by atoms with van der Waals surface area (Å²) in [4.78, 5) is 0. The van der Waals surface area contributed by atoms with Crippen LogP contribution in [0.3, 0.4) is 0 Å². The molecule has 4 rings (SSSR count). The molecule has 1 nitrogen and oxygen atoms in total. The molecule has 3 aromatic carbocycles. The van der Waals surface area contributed by atoms with Crippen LogP contribution in [-0.4, -0.2) is 6.36 Å². The second-order valence-electron chi connectivity index (χ2n) is 7.69. The highest BCUT2D eigenvalue weighted by Crippen LogP contribution is 2.35. The van der Waals surface area contributed by atoms with Gasteiger partial charge in [0.15, 0.2) is 0 Å². The van der Waals surface area contributed by atoms with Crippen molar-refractivity contribution in [2.75, 3.05) is 0 Å². The van der Waals surface area contributed by atoms with Gasteiger partial charge in [0.25, 0.3) is 0 Å². The van der Waals surface area contributed by atoms with E-state index in [2.05, 4.69) is 42.0 Å². The molecule has 1 aliphatic rings. The Morgan fingerprint density at radius 3 is 2.19 bits per heavy atom. The Balaban J connectivity index is 1.55. The SMILES string of the molecule is CCCc1ccc(C2=CCc3c(ccc(-c4ccc(OC(F)(F)F)cc4)c3F)C2)cc1. The maximum absolute atomic E-state index is 15.2. The molecule has 0 N–H and O–H groups in total. The lowest BCUT2D eigenvalue weighted by atomic mass is 9.85. The van der Waals surface area contributed by atoms with Gasteiger partial charge in [-0.1, -0.05) is 68.0 Å². The molecule has 3 aromatic rings. The number of benzene rings is 3. The molecular weight excluding hydrogens is 404 g/mol. The Labute approximate surface area is 179 Å². The summed E-state index contributed by atoms with van der Waals surface area (Å²) in [5.41, 5.74) is 6.10. The highest BCUT2D eigenvalue weighted by molar-refractivity contribution is 5.73. The fourth-order valence-corrected chi connectivity index (χ4v) is 4.00. The Kier molecular flexibility index (Phi) is 5.86. The van der Waals surface area contributed by atoms with E-state index in [1.165, 1.54) is 35.4 Å². The number of fused-ring (bicyclic) bond motifs is 1. The van der Waals surface area contributed by atoms with Crippen LogP contribution in [0.2, 0.25) is 0 Å². The van der Waals surface area contributed by atoms with E-state index in [1.54, 1.807) is 6.07 Å². The zero-order valence-electron chi connectivity index (χ0n) is 17.1. The van der Waals surface area contributed by atoms with Gasteiger partial charge in [-0.3, -0.25) is 0 Å². The topological polar surface area (TPSA) is 9.23 Å². The minimum Gasteiger partial charge on any atom is -0.406 e. The Morgan fingerprint density at radius 2 is 1.55 bits per heavy atom. The molecule has 0 radical (unpaired) electrons. The molecule has 0 spiro atoms. The van der Waals surface area contributed by atoms with Crippen LogP contribution in [0, 0.1) is 5.82 Å². The van der Waals surface area contributed by atoms with Gasteiger partial charge in [-0.05, 0) is 64.8 Å². The van der Waals surface area contributed by atoms with Crippen molar-refractivity contribution in [3.05, 3.63) is 94.8 Å². The number of hydrogen-bond donors (Lipinski definition) is 0. The third-order valence-electron chi connectivity index (χ3n) is 5.54. The highest BCUT2D eigenvalue weighted by atomic mass is 19.4. The van der Waals surface area contributed by atoms with Gasteiger partial charge < -0.3 is 4.74 Å². The summed E-state index contributed by atoms with van der Waals surface area (Å²) < 4.78 is 56.1. The Bertz CT molecular complexity index is 1090. The molecule has 5 heteroatoms. The molecule has 160 valence electrons. The molecule has 1 aliphatic carbocycles. The Hall–Kier alpha value is -3.08. The predicted octanol–water partition coefficient (Wildman–Crippen LogP) is 7.53. The Morgan fingerprint density at radius 1 is 0.871 bits per heavy atom. The molecule has 0 heterocycles. The average molecular weight is 426 g/mol. The first kappa shape index (κ1) is 21.2. The summed E-state index contributed by atoms with van der Waals surface area (Å²) in [6.07, 6.45) is 0.603. The number of allylic oxidation sites excluding steroid dienone is 2. The van der Waals surface area contributed by atoms with Gasteiger partial charge in [0.2, 0.25) is 0 Å². The van der Waals surface area contributed by atoms with Gasteiger partial charge in [0.05, 0.1) is 0 Å². The molecule has 0 atom stereocenters. The van der Waals surface area contributed by atoms with E-state index in [1.807, 2.05) is 6.07 Å². The van der Waals surface area contributed by atoms with E-state index < -0.39 is 6.36 Å². The average Bonchev–Trinajstić information content (AvgIpc) is 2.74. The van der Waals surface area contributed by atoms with Crippen molar-refractivity contribution in [1.82, 2.24) is 0 Å². The fourth-order valence-electron chi connectivity index (χ4n) is 4.00. The van der Waals surface area contributed by atoms with Crippen molar-refractivity contribution in [2.45, 2.75) is 39.0 Å². The standard InChI is InChI=1S/C26H22F4O/c1-2-3-17-4-6-18(7-5-17)20-10-14-24-21(16-20)11-15-23(25(24)27)19-8-12-22(13-9-19)31-26(28,29)30/h4-13,15H,2-3,14,16H2,1H3. The first-order valence-corrected chi connectivity index (χ1v) is 10.3.